The average molecular weight is 349 g/mol. The summed E-state index contributed by atoms with van der Waals surface area (Å²) in [4.78, 5) is 12.4. The number of hydrogen-bond donors (Lipinski definition) is 2. The first-order valence-electron chi connectivity index (χ1n) is 6.01. The highest BCUT2D eigenvalue weighted by atomic mass is 35.5. The SMILES string of the molecule is CCOc1nc(NC)nc(Nc2cc(Cl)c(Cl)cc2Cl)n1. The highest BCUT2D eigenvalue weighted by molar-refractivity contribution is 6.44. The molecule has 112 valence electrons. The van der Waals surface area contributed by atoms with Crippen LogP contribution in [0.2, 0.25) is 15.1 Å². The number of ether oxygens (including phenoxy) is 1. The molecule has 1 heterocycles. The lowest BCUT2D eigenvalue weighted by atomic mass is 10.3. The minimum absolute atomic E-state index is 0.204. The molecule has 0 saturated heterocycles. The van der Waals surface area contributed by atoms with Crippen LogP contribution in [-0.4, -0.2) is 28.6 Å². The van der Waals surface area contributed by atoms with Crippen LogP contribution in [0.15, 0.2) is 12.1 Å². The summed E-state index contributed by atoms with van der Waals surface area (Å²) < 4.78 is 5.28. The molecule has 0 aliphatic carbocycles. The quantitative estimate of drug-likeness (QED) is 0.795. The van der Waals surface area contributed by atoms with Crippen molar-refractivity contribution in [2.24, 2.45) is 0 Å². The summed E-state index contributed by atoms with van der Waals surface area (Å²) in [6.45, 7) is 2.28. The Bertz CT molecular complexity index is 653. The van der Waals surface area contributed by atoms with E-state index in [1.165, 1.54) is 6.07 Å². The van der Waals surface area contributed by atoms with E-state index in [0.717, 1.165) is 0 Å². The van der Waals surface area contributed by atoms with Crippen LogP contribution in [-0.2, 0) is 0 Å². The van der Waals surface area contributed by atoms with E-state index >= 15 is 0 Å². The molecule has 0 fully saturated rings. The fourth-order valence-electron chi connectivity index (χ4n) is 1.46. The lowest BCUT2D eigenvalue weighted by Gasteiger charge is -2.10. The van der Waals surface area contributed by atoms with Crippen molar-refractivity contribution in [3.63, 3.8) is 0 Å². The third-order valence-electron chi connectivity index (χ3n) is 2.37. The lowest BCUT2D eigenvalue weighted by molar-refractivity contribution is 0.312. The smallest absolute Gasteiger partial charge is 0.323 e. The second kappa shape index (κ2) is 6.98. The van der Waals surface area contributed by atoms with Crippen LogP contribution in [0.5, 0.6) is 6.01 Å². The van der Waals surface area contributed by atoms with E-state index in [1.807, 2.05) is 6.92 Å². The molecule has 21 heavy (non-hydrogen) atoms. The van der Waals surface area contributed by atoms with Gasteiger partial charge in [-0.05, 0) is 19.1 Å². The van der Waals surface area contributed by atoms with Crippen LogP contribution < -0.4 is 15.4 Å². The fraction of sp³-hybridized carbons (Fsp3) is 0.250. The first-order valence-corrected chi connectivity index (χ1v) is 7.15. The Morgan fingerprint density at radius 2 is 1.67 bits per heavy atom. The zero-order chi connectivity index (χ0) is 15.4. The molecule has 0 atom stereocenters. The number of benzene rings is 1. The van der Waals surface area contributed by atoms with Crippen molar-refractivity contribution in [2.75, 3.05) is 24.3 Å². The lowest BCUT2D eigenvalue weighted by Crippen LogP contribution is -2.07. The second-order valence-electron chi connectivity index (χ2n) is 3.82. The van der Waals surface area contributed by atoms with Crippen molar-refractivity contribution in [1.82, 2.24) is 15.0 Å². The molecular weight excluding hydrogens is 337 g/mol. The number of nitrogens with one attached hydrogen (secondary N) is 2. The normalized spacial score (nSPS) is 10.3. The monoisotopic (exact) mass is 347 g/mol. The molecule has 6 nitrogen and oxygen atoms in total. The molecule has 1 aromatic heterocycles. The van der Waals surface area contributed by atoms with Gasteiger partial charge in [0.2, 0.25) is 11.9 Å². The van der Waals surface area contributed by atoms with Crippen LogP contribution in [0.4, 0.5) is 17.6 Å². The van der Waals surface area contributed by atoms with E-state index in [1.54, 1.807) is 13.1 Å². The highest BCUT2D eigenvalue weighted by Crippen LogP contribution is 2.33. The van der Waals surface area contributed by atoms with Crippen LogP contribution >= 0.6 is 34.8 Å². The zero-order valence-electron chi connectivity index (χ0n) is 11.2. The summed E-state index contributed by atoms with van der Waals surface area (Å²) in [5.41, 5.74) is 0.529. The number of anilines is 3. The maximum absolute atomic E-state index is 6.10. The van der Waals surface area contributed by atoms with Gasteiger partial charge in [0.1, 0.15) is 0 Å². The summed E-state index contributed by atoms with van der Waals surface area (Å²) in [6.07, 6.45) is 0. The van der Waals surface area contributed by atoms with Gasteiger partial charge >= 0.3 is 6.01 Å². The van der Waals surface area contributed by atoms with E-state index in [9.17, 15) is 0 Å². The van der Waals surface area contributed by atoms with Crippen LogP contribution in [0.25, 0.3) is 0 Å². The van der Waals surface area contributed by atoms with Gasteiger partial charge in [-0.1, -0.05) is 34.8 Å². The van der Waals surface area contributed by atoms with Gasteiger partial charge in [-0.25, -0.2) is 0 Å². The summed E-state index contributed by atoms with van der Waals surface area (Å²) >= 11 is 18.0. The van der Waals surface area contributed by atoms with Gasteiger partial charge < -0.3 is 15.4 Å². The largest absolute Gasteiger partial charge is 0.464 e. The van der Waals surface area contributed by atoms with Crippen molar-refractivity contribution < 1.29 is 4.74 Å². The standard InChI is InChI=1S/C12H12Cl3N5O/c1-3-21-12-19-10(16-2)18-11(20-12)17-9-5-7(14)6(13)4-8(9)15/h4-5H,3H2,1-2H3,(H2,16,17,18,19,20). The number of nitrogens with zero attached hydrogens (tertiary/aromatic N) is 3. The molecule has 9 heteroatoms. The first kappa shape index (κ1) is 15.9. The van der Waals surface area contributed by atoms with Gasteiger partial charge in [0.25, 0.3) is 0 Å². The van der Waals surface area contributed by atoms with Gasteiger partial charge in [-0.3, -0.25) is 0 Å². The van der Waals surface area contributed by atoms with E-state index in [0.29, 0.717) is 33.3 Å². The number of aromatic nitrogens is 3. The van der Waals surface area contributed by atoms with Crippen molar-refractivity contribution in [1.29, 1.82) is 0 Å². The maximum atomic E-state index is 6.10. The molecule has 0 spiro atoms. The first-order chi connectivity index (χ1) is 10.0. The Morgan fingerprint density at radius 3 is 2.33 bits per heavy atom. The molecule has 0 unspecified atom stereocenters. The van der Waals surface area contributed by atoms with Gasteiger partial charge in [0, 0.05) is 7.05 Å². The fourth-order valence-corrected chi connectivity index (χ4v) is 2.05. The van der Waals surface area contributed by atoms with Crippen LogP contribution in [0.3, 0.4) is 0 Å². The van der Waals surface area contributed by atoms with E-state index in [-0.39, 0.29) is 12.0 Å². The van der Waals surface area contributed by atoms with Crippen molar-refractivity contribution in [3.8, 4) is 6.01 Å². The molecule has 2 rings (SSSR count). The predicted octanol–water partition coefficient (Wildman–Crippen LogP) is 4.02. The van der Waals surface area contributed by atoms with Crippen molar-refractivity contribution in [3.05, 3.63) is 27.2 Å². The molecular formula is C12H12Cl3N5O. The molecule has 2 N–H and O–H groups in total. The van der Waals surface area contributed by atoms with E-state index in [4.69, 9.17) is 39.5 Å². The number of halogens is 3. The minimum Gasteiger partial charge on any atom is -0.464 e. The molecule has 2 aromatic rings. The summed E-state index contributed by atoms with van der Waals surface area (Å²) in [6, 6.07) is 3.34. The highest BCUT2D eigenvalue weighted by Gasteiger charge is 2.10. The third-order valence-corrected chi connectivity index (χ3v) is 3.40. The van der Waals surface area contributed by atoms with Crippen LogP contribution in [0.1, 0.15) is 6.92 Å². The molecule has 0 saturated carbocycles. The topological polar surface area (TPSA) is 72.0 Å². The number of rotatable bonds is 5. The van der Waals surface area contributed by atoms with Crippen LogP contribution in [0, 0.1) is 0 Å². The number of hydrogen-bond acceptors (Lipinski definition) is 6. The minimum atomic E-state index is 0.204. The molecule has 0 bridgehead atoms. The summed E-state index contributed by atoms with van der Waals surface area (Å²) in [5.74, 6) is 0.644. The van der Waals surface area contributed by atoms with Gasteiger partial charge in [-0.2, -0.15) is 15.0 Å². The second-order valence-corrected chi connectivity index (χ2v) is 5.04. The van der Waals surface area contributed by atoms with Crippen molar-refractivity contribution in [2.45, 2.75) is 6.92 Å². The maximum Gasteiger partial charge on any atom is 0.323 e. The molecule has 0 aliphatic heterocycles. The Hall–Kier alpha value is -1.50. The molecule has 1 aromatic carbocycles. The average Bonchev–Trinajstić information content (AvgIpc) is 2.45. The third kappa shape index (κ3) is 4.00. The summed E-state index contributed by atoms with van der Waals surface area (Å²) in [5, 5.41) is 6.92. The van der Waals surface area contributed by atoms with Gasteiger partial charge in [-0.15, -0.1) is 0 Å². The molecule has 0 aliphatic rings. The summed E-state index contributed by atoms with van der Waals surface area (Å²) in [7, 11) is 1.70. The molecule has 0 radical (unpaired) electrons. The zero-order valence-corrected chi connectivity index (χ0v) is 13.5. The van der Waals surface area contributed by atoms with E-state index < -0.39 is 0 Å². The Morgan fingerprint density at radius 1 is 1.00 bits per heavy atom. The van der Waals surface area contributed by atoms with Gasteiger partial charge in [0.15, 0.2) is 0 Å². The predicted molar refractivity (Wildman–Crippen MR) is 85.3 cm³/mol. The Balaban J connectivity index is 2.34. The van der Waals surface area contributed by atoms with Crippen molar-refractivity contribution >= 4 is 52.4 Å². The Kier molecular flexibility index (Phi) is 5.27. The van der Waals surface area contributed by atoms with Gasteiger partial charge in [0.05, 0.1) is 27.4 Å². The molecule has 0 amide bonds. The van der Waals surface area contributed by atoms with E-state index in [2.05, 4.69) is 25.6 Å². The Labute approximate surface area is 136 Å².